The molecule has 2 N–H and O–H groups in total. The minimum atomic E-state index is 0.499. The van der Waals surface area contributed by atoms with Crippen molar-refractivity contribution in [2.45, 2.75) is 44.2 Å². The Kier molecular flexibility index (Phi) is 3.69. The molecule has 0 aromatic carbocycles. The number of nitrogens with zero attached hydrogens (tertiary/aromatic N) is 3. The van der Waals surface area contributed by atoms with Crippen LogP contribution in [0.2, 0.25) is 0 Å². The van der Waals surface area contributed by atoms with E-state index < -0.39 is 0 Å². The van der Waals surface area contributed by atoms with Gasteiger partial charge in [0.2, 0.25) is 0 Å². The molecular formula is C12H24N4. The van der Waals surface area contributed by atoms with Gasteiger partial charge in [0.25, 0.3) is 0 Å². The van der Waals surface area contributed by atoms with Gasteiger partial charge in [0.15, 0.2) is 5.96 Å². The molecule has 2 rings (SSSR count). The second-order valence-electron chi connectivity index (χ2n) is 5.28. The van der Waals surface area contributed by atoms with Crippen LogP contribution in [0.25, 0.3) is 0 Å². The van der Waals surface area contributed by atoms with Crippen molar-refractivity contribution in [2.75, 3.05) is 27.2 Å². The van der Waals surface area contributed by atoms with Crippen LogP contribution < -0.4 is 5.73 Å². The van der Waals surface area contributed by atoms with Crippen molar-refractivity contribution in [1.82, 2.24) is 9.80 Å². The fourth-order valence-corrected chi connectivity index (χ4v) is 2.67. The molecule has 1 heterocycles. The molecule has 4 nitrogen and oxygen atoms in total. The third-order valence-corrected chi connectivity index (χ3v) is 3.86. The second-order valence-corrected chi connectivity index (χ2v) is 5.28. The molecule has 4 heteroatoms. The maximum atomic E-state index is 6.08. The number of rotatable bonds is 2. The van der Waals surface area contributed by atoms with E-state index in [1.54, 1.807) is 0 Å². The SMILES string of the molecule is CN(C)C1CCN(C(N)=NC2CCCC2)C1. The molecule has 1 unspecified atom stereocenters. The smallest absolute Gasteiger partial charge is 0.191 e. The van der Waals surface area contributed by atoms with Gasteiger partial charge in [-0.25, -0.2) is 4.99 Å². The number of aliphatic imine (C=N–C) groups is 1. The lowest BCUT2D eigenvalue weighted by Crippen LogP contribution is -2.39. The number of hydrogen-bond acceptors (Lipinski definition) is 2. The lowest BCUT2D eigenvalue weighted by Gasteiger charge is -2.21. The summed E-state index contributed by atoms with van der Waals surface area (Å²) in [6.07, 6.45) is 6.30. The van der Waals surface area contributed by atoms with Gasteiger partial charge in [0, 0.05) is 19.1 Å². The Morgan fingerprint density at radius 2 is 1.94 bits per heavy atom. The number of likely N-dealkylation sites (N-methyl/N-ethyl adjacent to an activating group) is 1. The first-order valence-electron chi connectivity index (χ1n) is 6.41. The highest BCUT2D eigenvalue weighted by Gasteiger charge is 2.25. The van der Waals surface area contributed by atoms with E-state index in [2.05, 4.69) is 28.9 Å². The summed E-state index contributed by atoms with van der Waals surface area (Å²) in [5.74, 6) is 0.774. The Morgan fingerprint density at radius 3 is 2.50 bits per heavy atom. The average molecular weight is 224 g/mol. The highest BCUT2D eigenvalue weighted by atomic mass is 15.3. The zero-order valence-electron chi connectivity index (χ0n) is 10.5. The molecule has 0 aromatic heterocycles. The predicted octanol–water partition coefficient (Wildman–Crippen LogP) is 0.880. The van der Waals surface area contributed by atoms with Crippen LogP contribution in [0.3, 0.4) is 0 Å². The van der Waals surface area contributed by atoms with Crippen LogP contribution >= 0.6 is 0 Å². The minimum absolute atomic E-state index is 0.499. The summed E-state index contributed by atoms with van der Waals surface area (Å²) in [6, 6.07) is 1.13. The first-order chi connectivity index (χ1) is 7.66. The Labute approximate surface area is 98.5 Å². The van der Waals surface area contributed by atoms with Gasteiger partial charge in [-0.15, -0.1) is 0 Å². The van der Waals surface area contributed by atoms with E-state index in [9.17, 15) is 0 Å². The maximum Gasteiger partial charge on any atom is 0.191 e. The van der Waals surface area contributed by atoms with Crippen LogP contribution in [0.15, 0.2) is 4.99 Å². The number of nitrogens with two attached hydrogens (primary N) is 1. The summed E-state index contributed by atoms with van der Waals surface area (Å²) in [5.41, 5.74) is 6.08. The van der Waals surface area contributed by atoms with Gasteiger partial charge in [-0.3, -0.25) is 0 Å². The third kappa shape index (κ3) is 2.67. The first-order valence-corrected chi connectivity index (χ1v) is 6.41. The lowest BCUT2D eigenvalue weighted by atomic mass is 10.2. The Bertz CT molecular complexity index is 256. The Balaban J connectivity index is 1.88. The van der Waals surface area contributed by atoms with Crippen LogP contribution in [-0.2, 0) is 0 Å². The van der Waals surface area contributed by atoms with Crippen LogP contribution in [0.1, 0.15) is 32.1 Å². The van der Waals surface area contributed by atoms with Crippen molar-refractivity contribution >= 4 is 5.96 Å². The Morgan fingerprint density at radius 1 is 1.25 bits per heavy atom. The molecule has 2 aliphatic rings. The highest BCUT2D eigenvalue weighted by molar-refractivity contribution is 5.78. The average Bonchev–Trinajstić information content (AvgIpc) is 2.86. The molecule has 0 amide bonds. The molecule has 0 spiro atoms. The molecule has 1 aliphatic carbocycles. The second kappa shape index (κ2) is 5.04. The van der Waals surface area contributed by atoms with Crippen LogP contribution in [-0.4, -0.2) is 55.0 Å². The number of hydrogen-bond donors (Lipinski definition) is 1. The molecule has 1 atom stereocenters. The summed E-state index contributed by atoms with van der Waals surface area (Å²) >= 11 is 0. The first kappa shape index (κ1) is 11.7. The van der Waals surface area contributed by atoms with Gasteiger partial charge in [-0.1, -0.05) is 12.8 Å². The molecule has 1 aliphatic heterocycles. The minimum Gasteiger partial charge on any atom is -0.370 e. The zero-order valence-corrected chi connectivity index (χ0v) is 10.5. The molecule has 16 heavy (non-hydrogen) atoms. The fraction of sp³-hybridized carbons (Fsp3) is 0.917. The highest BCUT2D eigenvalue weighted by Crippen LogP contribution is 2.21. The van der Waals surface area contributed by atoms with Crippen LogP contribution in [0.5, 0.6) is 0 Å². The largest absolute Gasteiger partial charge is 0.370 e. The van der Waals surface area contributed by atoms with Crippen LogP contribution in [0, 0.1) is 0 Å². The predicted molar refractivity (Wildman–Crippen MR) is 67.5 cm³/mol. The van der Waals surface area contributed by atoms with E-state index in [0.717, 1.165) is 19.0 Å². The van der Waals surface area contributed by atoms with Crippen molar-refractivity contribution < 1.29 is 0 Å². The summed E-state index contributed by atoms with van der Waals surface area (Å²) in [4.78, 5) is 9.17. The van der Waals surface area contributed by atoms with Crippen molar-refractivity contribution in [1.29, 1.82) is 0 Å². The quantitative estimate of drug-likeness (QED) is 0.559. The van der Waals surface area contributed by atoms with Crippen molar-refractivity contribution in [3.8, 4) is 0 Å². The maximum absolute atomic E-state index is 6.08. The van der Waals surface area contributed by atoms with E-state index in [0.29, 0.717) is 12.1 Å². The number of likely N-dealkylation sites (tertiary alicyclic amines) is 1. The fourth-order valence-electron chi connectivity index (χ4n) is 2.67. The monoisotopic (exact) mass is 224 g/mol. The van der Waals surface area contributed by atoms with E-state index in [1.807, 2.05) is 0 Å². The van der Waals surface area contributed by atoms with Crippen LogP contribution in [0.4, 0.5) is 0 Å². The normalized spacial score (nSPS) is 28.3. The van der Waals surface area contributed by atoms with Crippen molar-refractivity contribution in [2.24, 2.45) is 10.7 Å². The molecule has 0 bridgehead atoms. The topological polar surface area (TPSA) is 44.9 Å². The molecule has 0 radical (unpaired) electrons. The molecule has 1 saturated carbocycles. The summed E-state index contributed by atoms with van der Waals surface area (Å²) < 4.78 is 0. The van der Waals surface area contributed by atoms with E-state index in [1.165, 1.54) is 32.1 Å². The van der Waals surface area contributed by atoms with Gasteiger partial charge in [-0.05, 0) is 33.4 Å². The van der Waals surface area contributed by atoms with Gasteiger partial charge >= 0.3 is 0 Å². The molecular weight excluding hydrogens is 200 g/mol. The zero-order chi connectivity index (χ0) is 11.5. The van der Waals surface area contributed by atoms with Gasteiger partial charge in [0.05, 0.1) is 6.04 Å². The summed E-state index contributed by atoms with van der Waals surface area (Å²) in [5, 5.41) is 0. The molecule has 2 fully saturated rings. The van der Waals surface area contributed by atoms with Crippen molar-refractivity contribution in [3.05, 3.63) is 0 Å². The van der Waals surface area contributed by atoms with Gasteiger partial charge in [-0.2, -0.15) is 0 Å². The molecule has 0 aromatic rings. The van der Waals surface area contributed by atoms with E-state index >= 15 is 0 Å². The van der Waals surface area contributed by atoms with Gasteiger partial charge < -0.3 is 15.5 Å². The lowest BCUT2D eigenvalue weighted by molar-refractivity contribution is 0.300. The molecule has 92 valence electrons. The third-order valence-electron chi connectivity index (χ3n) is 3.86. The number of guanidine groups is 1. The van der Waals surface area contributed by atoms with E-state index in [-0.39, 0.29) is 0 Å². The Hall–Kier alpha value is -0.770. The van der Waals surface area contributed by atoms with Gasteiger partial charge in [0.1, 0.15) is 0 Å². The standard InChI is InChI=1S/C12H24N4/c1-15(2)11-7-8-16(9-11)12(13)14-10-5-3-4-6-10/h10-11H,3-9H2,1-2H3,(H2,13,14). The van der Waals surface area contributed by atoms with Crippen molar-refractivity contribution in [3.63, 3.8) is 0 Å². The summed E-state index contributed by atoms with van der Waals surface area (Å²) in [7, 11) is 4.27. The molecule has 1 saturated heterocycles. The van der Waals surface area contributed by atoms with E-state index in [4.69, 9.17) is 5.73 Å². The summed E-state index contributed by atoms with van der Waals surface area (Å²) in [6.45, 7) is 2.10.